The van der Waals surface area contributed by atoms with E-state index in [9.17, 15) is 9.59 Å². The molecule has 2 aromatic rings. The molecular weight excluding hydrogens is 328 g/mol. The number of rotatable bonds is 4. The van der Waals surface area contributed by atoms with Gasteiger partial charge in [0, 0.05) is 30.0 Å². The smallest absolute Gasteiger partial charge is 0.227 e. The second kappa shape index (κ2) is 7.20. The zero-order chi connectivity index (χ0) is 17.9. The third-order valence-corrected chi connectivity index (χ3v) is 5.13. The summed E-state index contributed by atoms with van der Waals surface area (Å²) in [7, 11) is 0. The summed E-state index contributed by atoms with van der Waals surface area (Å²) < 4.78 is 5.63. The van der Waals surface area contributed by atoms with Crippen LogP contribution in [0.5, 0.6) is 5.75 Å². The fourth-order valence-electron chi connectivity index (χ4n) is 3.71. The van der Waals surface area contributed by atoms with E-state index in [1.54, 1.807) is 0 Å². The molecule has 5 nitrogen and oxygen atoms in total. The number of para-hydroxylation sites is 2. The molecule has 2 atom stereocenters. The van der Waals surface area contributed by atoms with Gasteiger partial charge in [0.05, 0.1) is 12.6 Å². The third kappa shape index (κ3) is 3.43. The first-order chi connectivity index (χ1) is 12.7. The van der Waals surface area contributed by atoms with E-state index in [-0.39, 0.29) is 23.8 Å². The van der Waals surface area contributed by atoms with Crippen LogP contribution < -0.4 is 15.4 Å². The van der Waals surface area contributed by atoms with E-state index in [4.69, 9.17) is 4.74 Å². The molecule has 0 fully saturated rings. The molecule has 2 N–H and O–H groups in total. The van der Waals surface area contributed by atoms with Crippen molar-refractivity contribution in [3.05, 3.63) is 59.7 Å². The van der Waals surface area contributed by atoms with E-state index < -0.39 is 0 Å². The number of amides is 2. The average Bonchev–Trinajstić information content (AvgIpc) is 2.66. The lowest BCUT2D eigenvalue weighted by molar-refractivity contribution is -0.123. The molecule has 0 unspecified atom stereocenters. The van der Waals surface area contributed by atoms with Gasteiger partial charge in [0.25, 0.3) is 0 Å². The van der Waals surface area contributed by atoms with Gasteiger partial charge in [-0.15, -0.1) is 0 Å². The summed E-state index contributed by atoms with van der Waals surface area (Å²) in [5, 5.41) is 6.04. The van der Waals surface area contributed by atoms with E-state index in [1.807, 2.05) is 48.5 Å². The van der Waals surface area contributed by atoms with Gasteiger partial charge in [0.15, 0.2) is 0 Å². The molecular formula is C21H22N2O3. The fraction of sp³-hybridized carbons (Fsp3) is 0.333. The van der Waals surface area contributed by atoms with Gasteiger partial charge < -0.3 is 15.4 Å². The number of benzene rings is 2. The Kier molecular flexibility index (Phi) is 4.61. The van der Waals surface area contributed by atoms with Crippen molar-refractivity contribution in [1.82, 2.24) is 5.32 Å². The lowest BCUT2D eigenvalue weighted by Gasteiger charge is -2.27. The van der Waals surface area contributed by atoms with Crippen LogP contribution >= 0.6 is 0 Å². The van der Waals surface area contributed by atoms with Crippen molar-refractivity contribution in [2.24, 2.45) is 5.92 Å². The van der Waals surface area contributed by atoms with Gasteiger partial charge in [0.2, 0.25) is 11.8 Å². The van der Waals surface area contributed by atoms with Crippen molar-refractivity contribution in [3.8, 4) is 5.75 Å². The maximum absolute atomic E-state index is 12.4. The summed E-state index contributed by atoms with van der Waals surface area (Å²) in [6.45, 7) is 0.601. The Balaban J connectivity index is 1.35. The van der Waals surface area contributed by atoms with Crippen LogP contribution in [0.1, 0.15) is 36.4 Å². The van der Waals surface area contributed by atoms with Crippen molar-refractivity contribution >= 4 is 17.5 Å². The highest BCUT2D eigenvalue weighted by Crippen LogP contribution is 2.32. The van der Waals surface area contributed by atoms with Crippen molar-refractivity contribution in [3.63, 3.8) is 0 Å². The highest BCUT2D eigenvalue weighted by Gasteiger charge is 2.27. The summed E-state index contributed by atoms with van der Waals surface area (Å²) in [5.74, 6) is 0.677. The highest BCUT2D eigenvalue weighted by molar-refractivity contribution is 5.96. The monoisotopic (exact) mass is 350 g/mol. The Bertz CT molecular complexity index is 834. The van der Waals surface area contributed by atoms with E-state index in [1.165, 1.54) is 0 Å². The molecule has 0 aromatic heterocycles. The van der Waals surface area contributed by atoms with Gasteiger partial charge in [-0.05, 0) is 30.5 Å². The van der Waals surface area contributed by atoms with Crippen molar-refractivity contribution in [2.75, 3.05) is 11.9 Å². The minimum atomic E-state index is -0.155. The molecule has 0 saturated carbocycles. The Labute approximate surface area is 152 Å². The molecule has 2 aliphatic heterocycles. The second-order valence-electron chi connectivity index (χ2n) is 6.88. The zero-order valence-corrected chi connectivity index (χ0v) is 14.5. The highest BCUT2D eigenvalue weighted by atomic mass is 16.5. The molecule has 0 spiro atoms. The molecule has 2 heterocycles. The van der Waals surface area contributed by atoms with Gasteiger partial charge in [0.1, 0.15) is 5.75 Å². The third-order valence-electron chi connectivity index (χ3n) is 5.13. The van der Waals surface area contributed by atoms with Crippen molar-refractivity contribution in [1.29, 1.82) is 0 Å². The average molecular weight is 350 g/mol. The van der Waals surface area contributed by atoms with Crippen molar-refractivity contribution in [2.45, 2.75) is 31.7 Å². The van der Waals surface area contributed by atoms with E-state index >= 15 is 0 Å². The van der Waals surface area contributed by atoms with Gasteiger partial charge in [-0.3, -0.25) is 9.59 Å². The summed E-state index contributed by atoms with van der Waals surface area (Å²) in [6.07, 6.45) is 2.35. The van der Waals surface area contributed by atoms with Crippen LogP contribution in [-0.2, 0) is 16.0 Å². The SMILES string of the molecule is O=C(CC[C@H]1Cc2ccccc2NC1=O)N[C@H]1CCOc2ccccc21. The van der Waals surface area contributed by atoms with Crippen LogP contribution in [0, 0.1) is 5.92 Å². The normalized spacial score (nSPS) is 21.0. The van der Waals surface area contributed by atoms with Gasteiger partial charge in [-0.25, -0.2) is 0 Å². The van der Waals surface area contributed by atoms with Crippen LogP contribution in [0.4, 0.5) is 5.69 Å². The maximum atomic E-state index is 12.4. The van der Waals surface area contributed by atoms with Gasteiger partial charge in [-0.1, -0.05) is 36.4 Å². The quantitative estimate of drug-likeness (QED) is 0.890. The van der Waals surface area contributed by atoms with Crippen LogP contribution in [0.3, 0.4) is 0 Å². The molecule has 0 radical (unpaired) electrons. The van der Waals surface area contributed by atoms with E-state index in [2.05, 4.69) is 10.6 Å². The second-order valence-corrected chi connectivity index (χ2v) is 6.88. The van der Waals surface area contributed by atoms with Crippen LogP contribution in [0.2, 0.25) is 0 Å². The topological polar surface area (TPSA) is 67.4 Å². The van der Waals surface area contributed by atoms with Crippen molar-refractivity contribution < 1.29 is 14.3 Å². The number of anilines is 1. The first-order valence-electron chi connectivity index (χ1n) is 9.10. The van der Waals surface area contributed by atoms with E-state index in [0.29, 0.717) is 25.9 Å². The Morgan fingerprint density at radius 1 is 1.15 bits per heavy atom. The van der Waals surface area contributed by atoms with Crippen LogP contribution in [-0.4, -0.2) is 18.4 Å². The standard InChI is InChI=1S/C21H22N2O3/c24-20(22-18-11-12-26-19-8-4-2-6-16(18)19)10-9-15-13-14-5-1-3-7-17(14)23-21(15)25/h1-8,15,18H,9-13H2,(H,22,24)(H,23,25)/t15-,18-/m0/s1. The number of carbonyl (C=O) groups is 2. The number of nitrogens with one attached hydrogen (secondary N) is 2. The predicted octanol–water partition coefficient (Wildman–Crippen LogP) is 3.22. The molecule has 5 heteroatoms. The van der Waals surface area contributed by atoms with Gasteiger partial charge in [-0.2, -0.15) is 0 Å². The molecule has 0 saturated heterocycles. The first-order valence-corrected chi connectivity index (χ1v) is 9.10. The minimum absolute atomic E-state index is 0.00733. The summed E-state index contributed by atoms with van der Waals surface area (Å²) in [6, 6.07) is 15.6. The summed E-state index contributed by atoms with van der Waals surface area (Å²) >= 11 is 0. The fourth-order valence-corrected chi connectivity index (χ4v) is 3.71. The molecule has 0 aliphatic carbocycles. The number of fused-ring (bicyclic) bond motifs is 2. The van der Waals surface area contributed by atoms with Crippen LogP contribution in [0.25, 0.3) is 0 Å². The maximum Gasteiger partial charge on any atom is 0.227 e. The molecule has 4 rings (SSSR count). The lowest BCUT2D eigenvalue weighted by atomic mass is 9.89. The Hall–Kier alpha value is -2.82. The Morgan fingerprint density at radius 2 is 1.96 bits per heavy atom. The number of ether oxygens (including phenoxy) is 1. The molecule has 134 valence electrons. The minimum Gasteiger partial charge on any atom is -0.493 e. The summed E-state index contributed by atoms with van der Waals surface area (Å²) in [5.41, 5.74) is 3.05. The number of carbonyl (C=O) groups excluding carboxylic acids is 2. The predicted molar refractivity (Wildman–Crippen MR) is 98.9 cm³/mol. The van der Waals surface area contributed by atoms with Gasteiger partial charge >= 0.3 is 0 Å². The zero-order valence-electron chi connectivity index (χ0n) is 14.5. The molecule has 0 bridgehead atoms. The first kappa shape index (κ1) is 16.6. The summed E-state index contributed by atoms with van der Waals surface area (Å²) in [4.78, 5) is 24.7. The Morgan fingerprint density at radius 3 is 2.88 bits per heavy atom. The molecule has 2 aromatic carbocycles. The lowest BCUT2D eigenvalue weighted by Crippen LogP contribution is -2.34. The molecule has 2 aliphatic rings. The number of hydrogen-bond donors (Lipinski definition) is 2. The molecule has 2 amide bonds. The molecule has 26 heavy (non-hydrogen) atoms. The number of hydrogen-bond acceptors (Lipinski definition) is 3. The van der Waals surface area contributed by atoms with E-state index in [0.717, 1.165) is 29.0 Å². The largest absolute Gasteiger partial charge is 0.493 e. The van der Waals surface area contributed by atoms with Crippen LogP contribution in [0.15, 0.2) is 48.5 Å².